The molecule has 0 bridgehead atoms. The van der Waals surface area contributed by atoms with Crippen molar-refractivity contribution in [3.63, 3.8) is 0 Å². The number of primary amides is 1. The molecule has 1 aliphatic heterocycles. The first-order valence-corrected chi connectivity index (χ1v) is 7.01. The van der Waals surface area contributed by atoms with Gasteiger partial charge in [0.05, 0.1) is 6.04 Å². The van der Waals surface area contributed by atoms with E-state index in [1.807, 2.05) is 0 Å². The molecule has 2 unspecified atom stereocenters. The minimum Gasteiger partial charge on any atom is -0.368 e. The molecular weight excluding hydrogens is 228 g/mol. The van der Waals surface area contributed by atoms with Crippen molar-refractivity contribution in [1.29, 1.82) is 0 Å². The van der Waals surface area contributed by atoms with Crippen molar-refractivity contribution in [3.05, 3.63) is 0 Å². The highest BCUT2D eigenvalue weighted by Gasteiger charge is 2.21. The third-order valence-electron chi connectivity index (χ3n) is 4.05. The van der Waals surface area contributed by atoms with E-state index < -0.39 is 0 Å². The molecule has 0 aromatic heterocycles. The topological polar surface area (TPSA) is 61.6 Å². The van der Waals surface area contributed by atoms with Gasteiger partial charge in [0, 0.05) is 38.8 Å². The Bertz CT molecular complexity index is 251. The van der Waals surface area contributed by atoms with E-state index in [0.717, 1.165) is 39.1 Å². The van der Waals surface area contributed by atoms with E-state index >= 15 is 0 Å². The highest BCUT2D eigenvalue weighted by molar-refractivity contribution is 5.79. The van der Waals surface area contributed by atoms with Gasteiger partial charge in [0.2, 0.25) is 5.91 Å². The number of piperazine rings is 1. The Morgan fingerprint density at radius 1 is 1.33 bits per heavy atom. The molecule has 0 aromatic rings. The summed E-state index contributed by atoms with van der Waals surface area (Å²) in [6, 6.07) is 0.487. The van der Waals surface area contributed by atoms with Gasteiger partial charge in [-0.1, -0.05) is 6.92 Å². The number of carbonyl (C=O) groups is 1. The van der Waals surface area contributed by atoms with Gasteiger partial charge in [0.1, 0.15) is 0 Å². The van der Waals surface area contributed by atoms with Gasteiger partial charge in [-0.2, -0.15) is 0 Å². The molecule has 18 heavy (non-hydrogen) atoms. The van der Waals surface area contributed by atoms with Crippen molar-refractivity contribution < 1.29 is 4.79 Å². The molecule has 0 aliphatic carbocycles. The molecule has 1 amide bonds. The van der Waals surface area contributed by atoms with E-state index in [-0.39, 0.29) is 11.9 Å². The molecule has 0 radical (unpaired) electrons. The Morgan fingerprint density at radius 2 is 1.94 bits per heavy atom. The summed E-state index contributed by atoms with van der Waals surface area (Å²) in [6.45, 7) is 9.94. The van der Waals surface area contributed by atoms with E-state index in [2.05, 4.69) is 29.0 Å². The first-order chi connectivity index (χ1) is 8.58. The van der Waals surface area contributed by atoms with E-state index in [0.29, 0.717) is 6.04 Å². The fourth-order valence-electron chi connectivity index (χ4n) is 2.43. The van der Waals surface area contributed by atoms with E-state index in [4.69, 9.17) is 5.73 Å². The molecule has 5 heteroatoms. The summed E-state index contributed by atoms with van der Waals surface area (Å²) < 4.78 is 0. The summed E-state index contributed by atoms with van der Waals surface area (Å²) >= 11 is 0. The lowest BCUT2D eigenvalue weighted by Crippen LogP contribution is -2.50. The molecule has 1 rings (SSSR count). The van der Waals surface area contributed by atoms with Crippen LogP contribution in [-0.4, -0.2) is 67.6 Å². The summed E-state index contributed by atoms with van der Waals surface area (Å²) in [5.41, 5.74) is 5.31. The van der Waals surface area contributed by atoms with Gasteiger partial charge in [-0.05, 0) is 26.8 Å². The maximum atomic E-state index is 11.1. The van der Waals surface area contributed by atoms with Crippen LogP contribution in [0.3, 0.4) is 0 Å². The average Bonchev–Trinajstić information content (AvgIpc) is 2.39. The van der Waals surface area contributed by atoms with Crippen LogP contribution in [0.15, 0.2) is 0 Å². The number of nitrogens with two attached hydrogens (primary N) is 1. The van der Waals surface area contributed by atoms with Crippen LogP contribution in [0.1, 0.15) is 26.7 Å². The lowest BCUT2D eigenvalue weighted by Gasteiger charge is -2.38. The van der Waals surface area contributed by atoms with Crippen LogP contribution in [0.4, 0.5) is 0 Å². The molecule has 5 nitrogen and oxygen atoms in total. The maximum Gasteiger partial charge on any atom is 0.234 e. The van der Waals surface area contributed by atoms with Gasteiger partial charge < -0.3 is 16.0 Å². The number of hydrogen-bond acceptors (Lipinski definition) is 4. The maximum absolute atomic E-state index is 11.1. The highest BCUT2D eigenvalue weighted by Crippen LogP contribution is 2.09. The summed E-state index contributed by atoms with van der Waals surface area (Å²) in [7, 11) is 1.79. The number of hydrogen-bond donors (Lipinski definition) is 2. The van der Waals surface area contributed by atoms with E-state index in [9.17, 15) is 4.79 Å². The lowest BCUT2D eigenvalue weighted by atomic mass is 10.1. The van der Waals surface area contributed by atoms with Gasteiger partial charge in [-0.25, -0.2) is 0 Å². The molecule has 106 valence electrons. The first-order valence-electron chi connectivity index (χ1n) is 7.01. The second-order valence-electron chi connectivity index (χ2n) is 5.17. The molecule has 1 saturated heterocycles. The molecule has 1 heterocycles. The van der Waals surface area contributed by atoms with Crippen LogP contribution in [0.2, 0.25) is 0 Å². The lowest BCUT2D eigenvalue weighted by molar-refractivity contribution is -0.120. The van der Waals surface area contributed by atoms with Gasteiger partial charge in [-0.3, -0.25) is 9.69 Å². The quantitative estimate of drug-likeness (QED) is 0.666. The molecule has 0 aromatic carbocycles. The highest BCUT2D eigenvalue weighted by atomic mass is 16.1. The van der Waals surface area contributed by atoms with Crippen LogP contribution >= 0.6 is 0 Å². The number of nitrogens with one attached hydrogen (secondary N) is 1. The van der Waals surface area contributed by atoms with Crippen molar-refractivity contribution in [2.24, 2.45) is 5.73 Å². The van der Waals surface area contributed by atoms with Crippen molar-refractivity contribution in [1.82, 2.24) is 15.1 Å². The third-order valence-corrected chi connectivity index (χ3v) is 4.05. The van der Waals surface area contributed by atoms with Crippen LogP contribution in [-0.2, 0) is 4.79 Å². The SMILES string of the molecule is CCC(C)N1CCN(CCC(NC)C(N)=O)CC1. The summed E-state index contributed by atoms with van der Waals surface area (Å²) in [4.78, 5) is 16.1. The Hall–Kier alpha value is -0.650. The number of nitrogens with zero attached hydrogens (tertiary/aromatic N) is 2. The van der Waals surface area contributed by atoms with Crippen LogP contribution in [0, 0.1) is 0 Å². The Labute approximate surface area is 111 Å². The van der Waals surface area contributed by atoms with Crippen molar-refractivity contribution >= 4 is 5.91 Å². The number of rotatable bonds is 7. The summed E-state index contributed by atoms with van der Waals surface area (Å²) in [5.74, 6) is -0.254. The fraction of sp³-hybridized carbons (Fsp3) is 0.923. The zero-order chi connectivity index (χ0) is 13.5. The average molecular weight is 256 g/mol. The molecule has 0 spiro atoms. The van der Waals surface area contributed by atoms with Crippen molar-refractivity contribution in [2.75, 3.05) is 39.8 Å². The van der Waals surface area contributed by atoms with Crippen LogP contribution in [0.25, 0.3) is 0 Å². The molecule has 1 aliphatic rings. The minimum atomic E-state index is -0.254. The van der Waals surface area contributed by atoms with Gasteiger partial charge >= 0.3 is 0 Å². The van der Waals surface area contributed by atoms with Crippen LogP contribution in [0.5, 0.6) is 0 Å². The Balaban J connectivity index is 2.25. The molecule has 0 saturated carbocycles. The first kappa shape index (κ1) is 15.4. The molecule has 3 N–H and O–H groups in total. The second kappa shape index (κ2) is 7.71. The Kier molecular flexibility index (Phi) is 6.60. The smallest absolute Gasteiger partial charge is 0.234 e. The predicted octanol–water partition coefficient (Wildman–Crippen LogP) is -0.134. The third kappa shape index (κ3) is 4.55. The normalized spacial score (nSPS) is 21.7. The monoisotopic (exact) mass is 256 g/mol. The van der Waals surface area contributed by atoms with E-state index in [1.54, 1.807) is 7.05 Å². The molecule has 1 fully saturated rings. The van der Waals surface area contributed by atoms with Crippen LogP contribution < -0.4 is 11.1 Å². The van der Waals surface area contributed by atoms with Gasteiger partial charge in [-0.15, -0.1) is 0 Å². The van der Waals surface area contributed by atoms with Gasteiger partial charge in [0.15, 0.2) is 0 Å². The number of carbonyl (C=O) groups excluding carboxylic acids is 1. The summed E-state index contributed by atoms with van der Waals surface area (Å²) in [5, 5.41) is 2.97. The zero-order valence-electron chi connectivity index (χ0n) is 12.0. The molecular formula is C13H28N4O. The van der Waals surface area contributed by atoms with E-state index in [1.165, 1.54) is 6.42 Å². The van der Waals surface area contributed by atoms with Crippen molar-refractivity contribution in [2.45, 2.75) is 38.8 Å². The van der Waals surface area contributed by atoms with Crippen molar-refractivity contribution in [3.8, 4) is 0 Å². The fourth-order valence-corrected chi connectivity index (χ4v) is 2.43. The zero-order valence-corrected chi connectivity index (χ0v) is 12.0. The largest absolute Gasteiger partial charge is 0.368 e. The minimum absolute atomic E-state index is 0.197. The molecule has 2 atom stereocenters. The Morgan fingerprint density at radius 3 is 2.39 bits per heavy atom. The second-order valence-corrected chi connectivity index (χ2v) is 5.17. The number of amides is 1. The predicted molar refractivity (Wildman–Crippen MR) is 74.4 cm³/mol. The summed E-state index contributed by atoms with van der Waals surface area (Å²) in [6.07, 6.45) is 2.01. The van der Waals surface area contributed by atoms with Gasteiger partial charge in [0.25, 0.3) is 0 Å². The number of likely N-dealkylation sites (N-methyl/N-ethyl adjacent to an activating group) is 1. The standard InChI is InChI=1S/C13H28N4O/c1-4-11(2)17-9-7-16(8-10-17)6-5-12(15-3)13(14)18/h11-12,15H,4-10H2,1-3H3,(H2,14,18).